The highest BCUT2D eigenvalue weighted by Crippen LogP contribution is 2.34. The van der Waals surface area contributed by atoms with Crippen molar-refractivity contribution >= 4 is 10.9 Å². The van der Waals surface area contributed by atoms with Crippen molar-refractivity contribution in [1.82, 2.24) is 10.3 Å². The second-order valence-electron chi connectivity index (χ2n) is 5.93. The number of aromatic nitrogens is 1. The smallest absolute Gasteiger partial charge is 0.145 e. The summed E-state index contributed by atoms with van der Waals surface area (Å²) in [5.41, 5.74) is 1.98. The lowest BCUT2D eigenvalue weighted by molar-refractivity contribution is 0.0972. The van der Waals surface area contributed by atoms with Gasteiger partial charge in [-0.2, -0.15) is 0 Å². The van der Waals surface area contributed by atoms with Crippen molar-refractivity contribution in [1.29, 1.82) is 0 Å². The molecule has 2 aromatic rings. The highest BCUT2D eigenvalue weighted by atomic mass is 16.5. The Morgan fingerprint density at radius 1 is 1.29 bits per heavy atom. The maximum Gasteiger partial charge on any atom is 0.145 e. The molecule has 21 heavy (non-hydrogen) atoms. The zero-order chi connectivity index (χ0) is 14.2. The molecule has 3 heterocycles. The van der Waals surface area contributed by atoms with Crippen molar-refractivity contribution in [3.8, 4) is 5.75 Å². The number of hydrogen-bond donors (Lipinski definition) is 1. The molecule has 2 bridgehead atoms. The largest absolute Gasteiger partial charge is 0.494 e. The maximum absolute atomic E-state index is 5.88. The zero-order valence-electron chi connectivity index (χ0n) is 12.2. The van der Waals surface area contributed by atoms with E-state index in [1.54, 1.807) is 7.11 Å². The van der Waals surface area contributed by atoms with Crippen LogP contribution < -0.4 is 10.1 Å². The molecule has 0 spiro atoms. The van der Waals surface area contributed by atoms with Crippen LogP contribution in [0.3, 0.4) is 0 Å². The minimum Gasteiger partial charge on any atom is -0.494 e. The summed E-state index contributed by atoms with van der Waals surface area (Å²) >= 11 is 0. The number of rotatable bonds is 4. The molecule has 3 atom stereocenters. The molecule has 2 fully saturated rings. The van der Waals surface area contributed by atoms with Gasteiger partial charge in [-0.05, 0) is 31.4 Å². The lowest BCUT2D eigenvalue weighted by Crippen LogP contribution is -2.37. The van der Waals surface area contributed by atoms with E-state index in [1.807, 2.05) is 12.1 Å². The van der Waals surface area contributed by atoms with Gasteiger partial charge in [-0.1, -0.05) is 18.2 Å². The summed E-state index contributed by atoms with van der Waals surface area (Å²) in [6, 6.07) is 10.7. The Bertz CT molecular complexity index is 658. The highest BCUT2D eigenvalue weighted by molar-refractivity contribution is 5.84. The Balaban J connectivity index is 1.51. The molecule has 110 valence electrons. The Morgan fingerprint density at radius 3 is 3.00 bits per heavy atom. The lowest BCUT2D eigenvalue weighted by Gasteiger charge is -2.20. The van der Waals surface area contributed by atoms with Crippen LogP contribution in [-0.4, -0.2) is 30.3 Å². The number of pyridine rings is 1. The molecule has 1 N–H and O–H groups in total. The van der Waals surface area contributed by atoms with E-state index in [-0.39, 0.29) is 0 Å². The number of para-hydroxylation sites is 1. The Kier molecular flexibility index (Phi) is 3.28. The van der Waals surface area contributed by atoms with E-state index in [2.05, 4.69) is 23.5 Å². The fourth-order valence-electron chi connectivity index (χ4n) is 3.51. The second-order valence-corrected chi connectivity index (χ2v) is 5.93. The van der Waals surface area contributed by atoms with Gasteiger partial charge in [0.25, 0.3) is 0 Å². The molecule has 3 unspecified atom stereocenters. The summed E-state index contributed by atoms with van der Waals surface area (Å²) in [7, 11) is 1.69. The van der Waals surface area contributed by atoms with Crippen LogP contribution in [0.2, 0.25) is 0 Å². The van der Waals surface area contributed by atoms with Crippen molar-refractivity contribution in [3.05, 3.63) is 36.0 Å². The monoisotopic (exact) mass is 284 g/mol. The van der Waals surface area contributed by atoms with E-state index < -0.39 is 0 Å². The fraction of sp³-hybridized carbons (Fsp3) is 0.471. The molecule has 2 aliphatic rings. The van der Waals surface area contributed by atoms with Crippen LogP contribution in [0, 0.1) is 0 Å². The van der Waals surface area contributed by atoms with Crippen LogP contribution in [0.5, 0.6) is 5.75 Å². The second kappa shape index (κ2) is 5.28. The van der Waals surface area contributed by atoms with Crippen LogP contribution >= 0.6 is 0 Å². The third-order valence-electron chi connectivity index (χ3n) is 4.61. The molecule has 2 aliphatic heterocycles. The normalized spacial score (nSPS) is 27.4. The SMILES string of the molecule is COc1cccc2ccc(CNC3CC4CCC3O4)nc12. The quantitative estimate of drug-likeness (QED) is 0.937. The van der Waals surface area contributed by atoms with E-state index in [1.165, 1.54) is 12.8 Å². The number of hydrogen-bond acceptors (Lipinski definition) is 4. The molecule has 4 rings (SSSR count). The van der Waals surface area contributed by atoms with Gasteiger partial charge in [0.1, 0.15) is 11.3 Å². The maximum atomic E-state index is 5.88. The molecule has 0 aliphatic carbocycles. The average Bonchev–Trinajstić information content (AvgIpc) is 3.15. The fourth-order valence-corrected chi connectivity index (χ4v) is 3.51. The molecule has 0 radical (unpaired) electrons. The minimum absolute atomic E-state index is 0.407. The summed E-state index contributed by atoms with van der Waals surface area (Å²) in [6.07, 6.45) is 4.46. The first-order valence-electron chi connectivity index (χ1n) is 7.65. The number of methoxy groups -OCH3 is 1. The molecule has 0 amide bonds. The van der Waals surface area contributed by atoms with E-state index in [4.69, 9.17) is 14.5 Å². The van der Waals surface area contributed by atoms with Crippen molar-refractivity contribution in [2.24, 2.45) is 0 Å². The van der Waals surface area contributed by atoms with Crippen LogP contribution in [0.4, 0.5) is 0 Å². The molecule has 4 heteroatoms. The number of nitrogens with zero attached hydrogens (tertiary/aromatic N) is 1. The van der Waals surface area contributed by atoms with Gasteiger partial charge in [0.05, 0.1) is 25.0 Å². The van der Waals surface area contributed by atoms with Crippen molar-refractivity contribution < 1.29 is 9.47 Å². The molecule has 0 saturated carbocycles. The first kappa shape index (κ1) is 13.0. The first-order chi connectivity index (χ1) is 10.3. The predicted octanol–water partition coefficient (Wildman–Crippen LogP) is 2.65. The van der Waals surface area contributed by atoms with Crippen LogP contribution in [0.25, 0.3) is 10.9 Å². The summed E-state index contributed by atoms with van der Waals surface area (Å²) in [6.45, 7) is 0.783. The number of benzene rings is 1. The first-order valence-corrected chi connectivity index (χ1v) is 7.65. The van der Waals surface area contributed by atoms with Crippen LogP contribution in [0.1, 0.15) is 25.0 Å². The van der Waals surface area contributed by atoms with E-state index in [0.717, 1.165) is 35.3 Å². The van der Waals surface area contributed by atoms with E-state index in [0.29, 0.717) is 18.2 Å². The van der Waals surface area contributed by atoms with E-state index in [9.17, 15) is 0 Å². The van der Waals surface area contributed by atoms with Gasteiger partial charge < -0.3 is 14.8 Å². The summed E-state index contributed by atoms with van der Waals surface area (Å²) in [5, 5.41) is 4.72. The van der Waals surface area contributed by atoms with Crippen LogP contribution in [-0.2, 0) is 11.3 Å². The topological polar surface area (TPSA) is 43.4 Å². The van der Waals surface area contributed by atoms with Gasteiger partial charge in [-0.15, -0.1) is 0 Å². The molecule has 2 saturated heterocycles. The van der Waals surface area contributed by atoms with Gasteiger partial charge >= 0.3 is 0 Å². The van der Waals surface area contributed by atoms with Gasteiger partial charge in [-0.25, -0.2) is 4.98 Å². The molecule has 4 nitrogen and oxygen atoms in total. The van der Waals surface area contributed by atoms with Crippen LogP contribution in [0.15, 0.2) is 30.3 Å². The summed E-state index contributed by atoms with van der Waals surface area (Å²) < 4.78 is 11.3. The van der Waals surface area contributed by atoms with Gasteiger partial charge in [-0.3, -0.25) is 0 Å². The Labute approximate surface area is 124 Å². The molecule has 1 aromatic carbocycles. The Hall–Kier alpha value is -1.65. The van der Waals surface area contributed by atoms with Gasteiger partial charge in [0.15, 0.2) is 0 Å². The third kappa shape index (κ3) is 2.39. The van der Waals surface area contributed by atoms with Gasteiger partial charge in [0.2, 0.25) is 0 Å². The number of fused-ring (bicyclic) bond motifs is 3. The lowest BCUT2D eigenvalue weighted by atomic mass is 9.95. The molecule has 1 aromatic heterocycles. The van der Waals surface area contributed by atoms with E-state index >= 15 is 0 Å². The standard InChI is InChI=1S/C17H20N2O2/c1-20-16-4-2-3-11-5-6-12(19-17(11)16)10-18-14-9-13-7-8-15(14)21-13/h2-6,13-15,18H,7-10H2,1H3. The zero-order valence-corrected chi connectivity index (χ0v) is 12.2. The molecular weight excluding hydrogens is 264 g/mol. The van der Waals surface area contributed by atoms with Gasteiger partial charge in [0, 0.05) is 18.0 Å². The van der Waals surface area contributed by atoms with Crippen molar-refractivity contribution in [2.75, 3.05) is 7.11 Å². The third-order valence-corrected chi connectivity index (χ3v) is 4.61. The predicted molar refractivity (Wildman–Crippen MR) is 81.4 cm³/mol. The number of nitrogens with one attached hydrogen (secondary N) is 1. The van der Waals surface area contributed by atoms with Crippen molar-refractivity contribution in [2.45, 2.75) is 44.1 Å². The minimum atomic E-state index is 0.407. The molecular formula is C17H20N2O2. The average molecular weight is 284 g/mol. The highest BCUT2D eigenvalue weighted by Gasteiger charge is 2.40. The summed E-state index contributed by atoms with van der Waals surface area (Å²) in [5.74, 6) is 0.831. The number of ether oxygens (including phenoxy) is 2. The Morgan fingerprint density at radius 2 is 2.24 bits per heavy atom. The summed E-state index contributed by atoms with van der Waals surface area (Å²) in [4.78, 5) is 4.74. The van der Waals surface area contributed by atoms with Crippen molar-refractivity contribution in [3.63, 3.8) is 0 Å².